The topological polar surface area (TPSA) is 89.9 Å². The first-order valence-corrected chi connectivity index (χ1v) is 8.79. The first-order chi connectivity index (χ1) is 12.9. The molecule has 3 N–H and O–H groups in total. The van der Waals surface area contributed by atoms with E-state index in [1.54, 1.807) is 12.1 Å². The van der Waals surface area contributed by atoms with Crippen molar-refractivity contribution in [1.82, 2.24) is 5.32 Å². The van der Waals surface area contributed by atoms with Crippen molar-refractivity contribution in [2.24, 2.45) is 16.6 Å². The molecule has 1 aliphatic carbocycles. The predicted molar refractivity (Wildman–Crippen MR) is 107 cm³/mol. The number of fused-ring (bicyclic) bond motifs is 1. The number of hydrogen-bond donors (Lipinski definition) is 2. The second kappa shape index (κ2) is 7.92. The van der Waals surface area contributed by atoms with Crippen LogP contribution in [0.5, 0.6) is 0 Å². The lowest BCUT2D eigenvalue weighted by atomic mass is 9.95. The summed E-state index contributed by atoms with van der Waals surface area (Å²) < 4.78 is 10.5. The van der Waals surface area contributed by atoms with Crippen LogP contribution in [0.3, 0.4) is 0 Å². The van der Waals surface area contributed by atoms with Crippen molar-refractivity contribution in [2.75, 3.05) is 7.11 Å². The number of aliphatic imine (C=N–C) groups is 1. The third-order valence-corrected chi connectivity index (χ3v) is 4.57. The molecule has 3 rings (SSSR count). The van der Waals surface area contributed by atoms with Gasteiger partial charge in [0.2, 0.25) is 0 Å². The number of nitrogens with one attached hydrogen (secondary N) is 1. The number of carbonyl (C=O) groups excluding carboxylic acids is 1. The van der Waals surface area contributed by atoms with Gasteiger partial charge in [-0.05, 0) is 30.9 Å². The van der Waals surface area contributed by atoms with E-state index in [0.717, 1.165) is 18.2 Å². The summed E-state index contributed by atoms with van der Waals surface area (Å²) in [6.07, 6.45) is 2.05. The second-order valence-corrected chi connectivity index (χ2v) is 6.69. The van der Waals surface area contributed by atoms with Gasteiger partial charge in [0.15, 0.2) is 0 Å². The van der Waals surface area contributed by atoms with Crippen molar-refractivity contribution in [1.29, 1.82) is 0 Å². The van der Waals surface area contributed by atoms with Crippen LogP contribution in [0.15, 0.2) is 56.7 Å². The molecular formula is C19H19BClN3O3. The number of benzene rings is 1. The van der Waals surface area contributed by atoms with Crippen molar-refractivity contribution in [3.63, 3.8) is 0 Å². The Morgan fingerprint density at radius 1 is 1.48 bits per heavy atom. The van der Waals surface area contributed by atoms with Gasteiger partial charge in [-0.25, -0.2) is 4.79 Å². The third kappa shape index (κ3) is 4.55. The van der Waals surface area contributed by atoms with E-state index in [0.29, 0.717) is 28.4 Å². The smallest absolute Gasteiger partial charge is 0.356 e. The van der Waals surface area contributed by atoms with Crippen LogP contribution in [0.2, 0.25) is 0 Å². The number of nitrogens with zero attached hydrogens (tertiary/aromatic N) is 1. The highest BCUT2D eigenvalue weighted by atomic mass is 35.5. The Bertz CT molecular complexity index is 960. The summed E-state index contributed by atoms with van der Waals surface area (Å²) in [6.45, 7) is 4.08. The highest BCUT2D eigenvalue weighted by Crippen LogP contribution is 2.34. The number of ether oxygens (including phenoxy) is 1. The Labute approximate surface area is 163 Å². The normalized spacial score (nSPS) is 15.4. The van der Waals surface area contributed by atoms with E-state index in [1.807, 2.05) is 12.1 Å². The van der Waals surface area contributed by atoms with Crippen LogP contribution >= 0.6 is 11.6 Å². The van der Waals surface area contributed by atoms with Crippen LogP contribution in [-0.4, -0.2) is 26.8 Å². The number of rotatable bonds is 7. The van der Waals surface area contributed by atoms with Gasteiger partial charge in [0.05, 0.1) is 13.7 Å². The molecule has 2 radical (unpaired) electrons. The number of halogens is 1. The molecule has 138 valence electrons. The van der Waals surface area contributed by atoms with Crippen molar-refractivity contribution in [2.45, 2.75) is 19.4 Å². The summed E-state index contributed by atoms with van der Waals surface area (Å²) in [5, 5.41) is 3.77. The molecule has 0 bridgehead atoms. The molecule has 1 saturated carbocycles. The number of allylic oxidation sites excluding steroid dienone is 1. The van der Waals surface area contributed by atoms with Crippen molar-refractivity contribution < 1.29 is 13.9 Å². The average molecular weight is 384 g/mol. The quantitative estimate of drug-likeness (QED) is 0.252. The molecule has 1 aromatic heterocycles. The molecule has 0 unspecified atom stereocenters. The minimum absolute atomic E-state index is 0.00636. The number of nitrogens with two attached hydrogens (primary N) is 1. The van der Waals surface area contributed by atoms with Crippen molar-refractivity contribution >= 4 is 47.7 Å². The summed E-state index contributed by atoms with van der Waals surface area (Å²) in [5.74, 6) is 0.278. The monoisotopic (exact) mass is 383 g/mol. The Kier molecular flexibility index (Phi) is 5.61. The van der Waals surface area contributed by atoms with E-state index in [4.69, 9.17) is 34.3 Å². The lowest BCUT2D eigenvalue weighted by Crippen LogP contribution is -2.27. The molecule has 2 aromatic rings. The van der Waals surface area contributed by atoms with Gasteiger partial charge >= 0.3 is 5.97 Å². The average Bonchev–Trinajstić information content (AvgIpc) is 3.43. The molecule has 1 heterocycles. The zero-order valence-corrected chi connectivity index (χ0v) is 15.7. The van der Waals surface area contributed by atoms with Crippen LogP contribution in [0.25, 0.3) is 11.0 Å². The molecule has 0 spiro atoms. The molecule has 0 atom stereocenters. The van der Waals surface area contributed by atoms with Crippen molar-refractivity contribution in [3.05, 3.63) is 53.0 Å². The first kappa shape index (κ1) is 19.1. The van der Waals surface area contributed by atoms with Crippen LogP contribution in [0.1, 0.15) is 18.6 Å². The number of methoxy groups -OCH3 is 1. The molecule has 0 amide bonds. The Morgan fingerprint density at radius 2 is 2.22 bits per heavy atom. The van der Waals surface area contributed by atoms with Gasteiger partial charge in [0, 0.05) is 11.1 Å². The van der Waals surface area contributed by atoms with Gasteiger partial charge in [-0.1, -0.05) is 35.8 Å². The minimum Gasteiger partial charge on any atom is -0.464 e. The zero-order valence-electron chi connectivity index (χ0n) is 14.9. The molecule has 0 saturated heterocycles. The van der Waals surface area contributed by atoms with Gasteiger partial charge in [-0.15, -0.1) is 0 Å². The van der Waals surface area contributed by atoms with Gasteiger partial charge in [-0.3, -0.25) is 4.99 Å². The summed E-state index contributed by atoms with van der Waals surface area (Å²) in [7, 11) is 7.03. The highest BCUT2D eigenvalue weighted by Gasteiger charge is 2.27. The molecular weight excluding hydrogens is 364 g/mol. The van der Waals surface area contributed by atoms with E-state index in [-0.39, 0.29) is 23.1 Å². The standard InChI is InChI=1S/C19H19BClN3O3/c1-10(11-3-4-11)24-17(19(25)26-2)16(21)18(22)23-9-14-8-12-7-13(20)5-6-15(12)27-14/h5-8,11,24H,1,3-4,9H2,2H3,(H2,22,23). The molecule has 6 nitrogen and oxygen atoms in total. The van der Waals surface area contributed by atoms with E-state index in [2.05, 4.69) is 16.9 Å². The van der Waals surface area contributed by atoms with Gasteiger partial charge in [0.25, 0.3) is 0 Å². The van der Waals surface area contributed by atoms with Gasteiger partial charge in [0.1, 0.15) is 35.8 Å². The second-order valence-electron chi connectivity index (χ2n) is 6.32. The zero-order chi connectivity index (χ0) is 19.6. The largest absolute Gasteiger partial charge is 0.464 e. The van der Waals surface area contributed by atoms with E-state index in [1.165, 1.54) is 7.11 Å². The lowest BCUT2D eigenvalue weighted by molar-refractivity contribution is -0.136. The summed E-state index contributed by atoms with van der Waals surface area (Å²) in [4.78, 5) is 16.3. The molecule has 27 heavy (non-hydrogen) atoms. The number of hydrogen-bond acceptors (Lipinski definition) is 5. The predicted octanol–water partition coefficient (Wildman–Crippen LogP) is 2.22. The van der Waals surface area contributed by atoms with E-state index in [9.17, 15) is 4.79 Å². The Morgan fingerprint density at radius 3 is 2.89 bits per heavy atom. The van der Waals surface area contributed by atoms with E-state index < -0.39 is 5.97 Å². The Hall–Kier alpha value is -2.67. The Balaban J connectivity index is 1.80. The van der Waals surface area contributed by atoms with E-state index >= 15 is 0 Å². The minimum atomic E-state index is -0.640. The fourth-order valence-corrected chi connectivity index (χ4v) is 2.73. The molecule has 1 fully saturated rings. The van der Waals surface area contributed by atoms with Crippen LogP contribution in [0, 0.1) is 5.92 Å². The molecule has 1 aromatic carbocycles. The molecule has 1 aliphatic rings. The van der Waals surface area contributed by atoms with Crippen LogP contribution < -0.4 is 16.5 Å². The summed E-state index contributed by atoms with van der Waals surface area (Å²) >= 11 is 6.28. The summed E-state index contributed by atoms with van der Waals surface area (Å²) in [6, 6.07) is 7.18. The molecule has 8 heteroatoms. The van der Waals surface area contributed by atoms with Gasteiger partial charge < -0.3 is 20.2 Å². The highest BCUT2D eigenvalue weighted by molar-refractivity contribution is 6.44. The maximum atomic E-state index is 12.1. The summed E-state index contributed by atoms with van der Waals surface area (Å²) in [5.41, 5.74) is 8.04. The fraction of sp³-hybridized carbons (Fsp3) is 0.263. The first-order valence-electron chi connectivity index (χ1n) is 8.41. The fourth-order valence-electron chi connectivity index (χ4n) is 2.55. The number of furan rings is 1. The maximum Gasteiger partial charge on any atom is 0.356 e. The number of carbonyl (C=O) groups is 1. The van der Waals surface area contributed by atoms with Crippen LogP contribution in [-0.2, 0) is 16.1 Å². The number of esters is 1. The van der Waals surface area contributed by atoms with Crippen molar-refractivity contribution in [3.8, 4) is 0 Å². The number of amidine groups is 1. The SMILES string of the molecule is [B]c1ccc2oc(CN=C(N)C(Cl)=C(NC(=C)C3CC3)C(=O)OC)cc2c1. The molecule has 0 aliphatic heterocycles. The van der Waals surface area contributed by atoms with Gasteiger partial charge in [-0.2, -0.15) is 0 Å². The maximum absolute atomic E-state index is 12.1. The lowest BCUT2D eigenvalue weighted by Gasteiger charge is -2.13. The third-order valence-electron chi connectivity index (χ3n) is 4.19. The van der Waals surface area contributed by atoms with Crippen LogP contribution in [0.4, 0.5) is 0 Å².